The molecule has 3 N–H and O–H groups in total. The van der Waals surface area contributed by atoms with Gasteiger partial charge in [-0.05, 0) is 54.1 Å². The maximum atomic E-state index is 14.0. The monoisotopic (exact) mass is 401 g/mol. The van der Waals surface area contributed by atoms with E-state index in [9.17, 15) is 17.6 Å². The van der Waals surface area contributed by atoms with Crippen LogP contribution in [0.25, 0.3) is 5.70 Å². The number of hydrazine groups is 1. The number of benzene rings is 2. The van der Waals surface area contributed by atoms with Crippen LogP contribution in [-0.2, 0) is 11.3 Å². The fourth-order valence-electron chi connectivity index (χ4n) is 2.70. The van der Waals surface area contributed by atoms with Gasteiger partial charge in [-0.15, -0.1) is 0 Å². The van der Waals surface area contributed by atoms with Crippen molar-refractivity contribution >= 4 is 23.0 Å². The Kier molecular flexibility index (Phi) is 5.71. The average molecular weight is 402 g/mol. The van der Waals surface area contributed by atoms with Crippen molar-refractivity contribution in [1.29, 1.82) is 0 Å². The minimum Gasteiger partial charge on any atom is -0.367 e. The summed E-state index contributed by atoms with van der Waals surface area (Å²) in [5.41, 5.74) is 11.0. The lowest BCUT2D eigenvalue weighted by atomic mass is 10.1. The third-order valence-electron chi connectivity index (χ3n) is 3.73. The quantitative estimate of drug-likeness (QED) is 0.737. The normalized spacial score (nSPS) is 17.3. The Balaban J connectivity index is 1.85. The minimum atomic E-state index is -4.44. The Hall–Kier alpha value is -2.13. The Morgan fingerprint density at radius 1 is 1.15 bits per heavy atom. The first-order valence-corrected chi connectivity index (χ1v) is 8.33. The molecule has 0 amide bonds. The number of hydrogen-bond acceptors (Lipinski definition) is 4. The van der Waals surface area contributed by atoms with Crippen LogP contribution >= 0.6 is 11.6 Å². The minimum absolute atomic E-state index is 0.284. The van der Waals surface area contributed by atoms with E-state index in [4.69, 9.17) is 17.3 Å². The van der Waals surface area contributed by atoms with Crippen LogP contribution in [0.1, 0.15) is 11.1 Å². The third kappa shape index (κ3) is 5.20. The first-order chi connectivity index (χ1) is 12.7. The molecule has 0 saturated heterocycles. The number of halogens is 5. The second kappa shape index (κ2) is 7.85. The molecule has 1 aliphatic rings. The van der Waals surface area contributed by atoms with Gasteiger partial charge in [0.25, 0.3) is 0 Å². The number of nitrogens with zero attached hydrogens (tertiary/aromatic N) is 1. The van der Waals surface area contributed by atoms with Crippen molar-refractivity contribution in [3.05, 3.63) is 70.5 Å². The van der Waals surface area contributed by atoms with Crippen molar-refractivity contribution in [3.8, 4) is 0 Å². The molecule has 27 heavy (non-hydrogen) atoms. The highest BCUT2D eigenvalue weighted by molar-refractivity contribution is 6.30. The second-order valence-corrected chi connectivity index (χ2v) is 6.41. The molecular weight excluding hydrogens is 386 g/mol. The van der Waals surface area contributed by atoms with Crippen LogP contribution < -0.4 is 16.2 Å². The summed E-state index contributed by atoms with van der Waals surface area (Å²) in [6.45, 7) is -1.76. The summed E-state index contributed by atoms with van der Waals surface area (Å²) in [5.74, 6) is -0.587. The van der Waals surface area contributed by atoms with E-state index in [1.165, 1.54) is 6.07 Å². The molecule has 0 spiro atoms. The number of rotatable bonds is 5. The number of nitrogens with two attached hydrogens (primary N) is 1. The summed E-state index contributed by atoms with van der Waals surface area (Å²) in [7, 11) is 0. The van der Waals surface area contributed by atoms with E-state index in [0.29, 0.717) is 16.3 Å². The van der Waals surface area contributed by atoms with E-state index in [-0.39, 0.29) is 12.2 Å². The molecule has 0 radical (unpaired) electrons. The van der Waals surface area contributed by atoms with Crippen LogP contribution in [0.5, 0.6) is 0 Å². The number of hydrogen-bond donors (Lipinski definition) is 2. The van der Waals surface area contributed by atoms with Gasteiger partial charge in [-0.1, -0.05) is 11.6 Å². The standard InChI is InChI=1S/C18H16ClF4N3O/c19-13-1-3-15(4-2-13)26-16(8-17(24)25-26)12-5-11(6-14(20)7-12)9-27-10-18(21,22)23/h1-8,17,25H,9-10,24H2. The SMILES string of the molecule is NC1C=C(c2cc(F)cc(COCC(F)(F)F)c2)N(c2ccc(Cl)cc2)N1. The largest absolute Gasteiger partial charge is 0.411 e. The molecule has 0 saturated carbocycles. The molecule has 0 aliphatic carbocycles. The van der Waals surface area contributed by atoms with Gasteiger partial charge in [0.1, 0.15) is 12.4 Å². The molecule has 4 nitrogen and oxygen atoms in total. The highest BCUT2D eigenvalue weighted by Gasteiger charge is 2.27. The summed E-state index contributed by atoms with van der Waals surface area (Å²) in [4.78, 5) is 0. The molecule has 2 aromatic rings. The van der Waals surface area contributed by atoms with Crippen molar-refractivity contribution in [2.24, 2.45) is 5.73 Å². The molecule has 0 aromatic heterocycles. The highest BCUT2D eigenvalue weighted by atomic mass is 35.5. The van der Waals surface area contributed by atoms with Crippen LogP contribution in [0.4, 0.5) is 23.2 Å². The van der Waals surface area contributed by atoms with Crippen LogP contribution in [0.2, 0.25) is 5.02 Å². The Labute approximate surface area is 158 Å². The summed E-state index contributed by atoms with van der Waals surface area (Å²) in [6, 6.07) is 10.9. The van der Waals surface area contributed by atoms with E-state index in [2.05, 4.69) is 10.2 Å². The molecule has 2 aromatic carbocycles. The maximum absolute atomic E-state index is 14.0. The molecule has 0 bridgehead atoms. The average Bonchev–Trinajstić information content (AvgIpc) is 2.96. The van der Waals surface area contributed by atoms with Crippen LogP contribution in [0.3, 0.4) is 0 Å². The molecule has 9 heteroatoms. The lowest BCUT2D eigenvalue weighted by molar-refractivity contribution is -0.176. The fraction of sp³-hybridized carbons (Fsp3) is 0.222. The zero-order chi connectivity index (χ0) is 19.6. The highest BCUT2D eigenvalue weighted by Crippen LogP contribution is 2.30. The topological polar surface area (TPSA) is 50.5 Å². The van der Waals surface area contributed by atoms with E-state index < -0.39 is 24.8 Å². The lowest BCUT2D eigenvalue weighted by Crippen LogP contribution is -2.41. The second-order valence-electron chi connectivity index (χ2n) is 5.97. The van der Waals surface area contributed by atoms with Crippen LogP contribution in [0.15, 0.2) is 48.5 Å². The Bertz CT molecular complexity index is 839. The summed E-state index contributed by atoms with van der Waals surface area (Å²) >= 11 is 5.90. The smallest absolute Gasteiger partial charge is 0.367 e. The predicted molar refractivity (Wildman–Crippen MR) is 95.1 cm³/mol. The van der Waals surface area contributed by atoms with E-state index >= 15 is 0 Å². The Morgan fingerprint density at radius 3 is 2.52 bits per heavy atom. The van der Waals surface area contributed by atoms with Crippen LogP contribution in [0, 0.1) is 5.82 Å². The van der Waals surface area contributed by atoms with Gasteiger partial charge in [0.05, 0.1) is 24.2 Å². The molecule has 144 valence electrons. The van der Waals surface area contributed by atoms with Crippen molar-refractivity contribution in [2.45, 2.75) is 18.9 Å². The van der Waals surface area contributed by atoms with Gasteiger partial charge in [0.15, 0.2) is 0 Å². The van der Waals surface area contributed by atoms with E-state index in [1.807, 2.05) is 0 Å². The Morgan fingerprint density at radius 2 is 1.85 bits per heavy atom. The van der Waals surface area contributed by atoms with Crippen molar-refractivity contribution < 1.29 is 22.3 Å². The summed E-state index contributed by atoms with van der Waals surface area (Å²) in [5, 5.41) is 2.22. The number of anilines is 1. The van der Waals surface area contributed by atoms with Gasteiger partial charge in [0, 0.05) is 10.6 Å². The summed E-state index contributed by atoms with van der Waals surface area (Å²) < 4.78 is 55.3. The fourth-order valence-corrected chi connectivity index (χ4v) is 2.82. The molecule has 1 aliphatic heterocycles. The molecule has 3 rings (SSSR count). The van der Waals surface area contributed by atoms with E-state index in [1.54, 1.807) is 41.4 Å². The van der Waals surface area contributed by atoms with Crippen molar-refractivity contribution in [3.63, 3.8) is 0 Å². The molecular formula is C18H16ClF4N3O. The van der Waals surface area contributed by atoms with Gasteiger partial charge in [-0.25, -0.2) is 9.82 Å². The molecule has 1 heterocycles. The molecule has 1 atom stereocenters. The van der Waals surface area contributed by atoms with Gasteiger partial charge in [-0.2, -0.15) is 13.2 Å². The first-order valence-electron chi connectivity index (χ1n) is 7.95. The predicted octanol–water partition coefficient (Wildman–Crippen LogP) is 4.21. The van der Waals surface area contributed by atoms with Crippen molar-refractivity contribution in [1.82, 2.24) is 5.43 Å². The molecule has 0 fully saturated rings. The molecule has 1 unspecified atom stereocenters. The maximum Gasteiger partial charge on any atom is 0.411 e. The zero-order valence-corrected chi connectivity index (χ0v) is 14.7. The van der Waals surface area contributed by atoms with Crippen molar-refractivity contribution in [2.75, 3.05) is 11.6 Å². The number of nitrogens with one attached hydrogen (secondary N) is 1. The van der Waals surface area contributed by atoms with Gasteiger partial charge in [-0.3, -0.25) is 5.01 Å². The lowest BCUT2D eigenvalue weighted by Gasteiger charge is -2.24. The van der Waals surface area contributed by atoms with Gasteiger partial charge >= 0.3 is 6.18 Å². The van der Waals surface area contributed by atoms with Gasteiger partial charge in [0.2, 0.25) is 0 Å². The summed E-state index contributed by atoms with van der Waals surface area (Å²) in [6.07, 6.45) is -3.26. The number of ether oxygens (including phenoxy) is 1. The third-order valence-corrected chi connectivity index (χ3v) is 3.98. The van der Waals surface area contributed by atoms with Gasteiger partial charge < -0.3 is 10.5 Å². The van der Waals surface area contributed by atoms with E-state index in [0.717, 1.165) is 11.8 Å². The number of alkyl halides is 3. The first kappa shape index (κ1) is 19.6. The van der Waals surface area contributed by atoms with Crippen LogP contribution in [-0.4, -0.2) is 18.9 Å². The zero-order valence-electron chi connectivity index (χ0n) is 13.9.